The van der Waals surface area contributed by atoms with Crippen LogP contribution in [-0.2, 0) is 0 Å². The second-order valence-electron chi connectivity index (χ2n) is 4.79. The number of anilines is 1. The minimum atomic E-state index is -0.354. The number of H-pyrrole nitrogens is 1. The number of phenols is 1. The molecule has 0 saturated carbocycles. The maximum absolute atomic E-state index is 12.2. The van der Waals surface area contributed by atoms with Crippen LogP contribution >= 0.6 is 23.2 Å². The summed E-state index contributed by atoms with van der Waals surface area (Å²) in [6, 6.07) is 12.9. The maximum atomic E-state index is 12.2. The molecule has 0 bridgehead atoms. The van der Waals surface area contributed by atoms with Crippen LogP contribution in [-0.4, -0.2) is 21.2 Å². The monoisotopic (exact) mass is 347 g/mol. The molecule has 0 aliphatic heterocycles. The van der Waals surface area contributed by atoms with Crippen molar-refractivity contribution in [2.24, 2.45) is 0 Å². The Morgan fingerprint density at radius 2 is 1.74 bits per heavy atom. The summed E-state index contributed by atoms with van der Waals surface area (Å²) in [7, 11) is 0. The standard InChI is InChI=1S/C16H11Cl2N3O2/c17-9-1-4-11(5-2-9)19-16(23)14-8-13(20-21-14)12-7-10(18)3-6-15(12)22/h1-8,22H,(H,19,23)(H,20,21). The first kappa shape index (κ1) is 15.4. The van der Waals surface area contributed by atoms with Crippen molar-refractivity contribution in [1.29, 1.82) is 0 Å². The number of carbonyl (C=O) groups is 1. The Morgan fingerprint density at radius 3 is 2.48 bits per heavy atom. The highest BCUT2D eigenvalue weighted by molar-refractivity contribution is 6.31. The van der Waals surface area contributed by atoms with Gasteiger partial charge in [-0.15, -0.1) is 0 Å². The van der Waals surface area contributed by atoms with Gasteiger partial charge in [0.2, 0.25) is 0 Å². The van der Waals surface area contributed by atoms with Gasteiger partial charge in [0, 0.05) is 21.3 Å². The van der Waals surface area contributed by atoms with Gasteiger partial charge >= 0.3 is 0 Å². The fourth-order valence-electron chi connectivity index (χ4n) is 2.02. The van der Waals surface area contributed by atoms with Gasteiger partial charge in [-0.25, -0.2) is 0 Å². The minimum absolute atomic E-state index is 0.0329. The predicted molar refractivity (Wildman–Crippen MR) is 90.1 cm³/mol. The molecular weight excluding hydrogens is 337 g/mol. The number of phenolic OH excluding ortho intramolecular Hbond substituents is 1. The number of hydrogen-bond acceptors (Lipinski definition) is 3. The SMILES string of the molecule is O=C(Nc1ccc(Cl)cc1)c1cc(-c2cc(Cl)ccc2O)n[nH]1. The average molecular weight is 348 g/mol. The van der Waals surface area contributed by atoms with E-state index in [1.165, 1.54) is 12.1 Å². The molecular formula is C16H11Cl2N3O2. The third kappa shape index (κ3) is 3.47. The van der Waals surface area contributed by atoms with E-state index in [1.807, 2.05) is 0 Å². The number of halogens is 2. The Balaban J connectivity index is 1.82. The lowest BCUT2D eigenvalue weighted by Gasteiger charge is -2.03. The van der Waals surface area contributed by atoms with Crippen LogP contribution in [0.4, 0.5) is 5.69 Å². The van der Waals surface area contributed by atoms with Crippen LogP contribution < -0.4 is 5.32 Å². The summed E-state index contributed by atoms with van der Waals surface area (Å²) >= 11 is 11.7. The van der Waals surface area contributed by atoms with E-state index in [2.05, 4.69) is 15.5 Å². The highest BCUT2D eigenvalue weighted by Gasteiger charge is 2.14. The molecule has 0 aliphatic carbocycles. The first-order chi connectivity index (χ1) is 11.0. The fourth-order valence-corrected chi connectivity index (χ4v) is 2.32. The first-order valence-corrected chi connectivity index (χ1v) is 7.40. The molecule has 0 atom stereocenters. The molecule has 1 heterocycles. The van der Waals surface area contributed by atoms with Crippen molar-refractivity contribution < 1.29 is 9.90 Å². The topological polar surface area (TPSA) is 78.0 Å². The second kappa shape index (κ2) is 6.32. The van der Waals surface area contributed by atoms with Gasteiger partial charge in [0.15, 0.2) is 0 Å². The largest absolute Gasteiger partial charge is 0.507 e. The summed E-state index contributed by atoms with van der Waals surface area (Å²) in [6.45, 7) is 0. The number of hydrogen-bond donors (Lipinski definition) is 3. The molecule has 3 rings (SSSR count). The lowest BCUT2D eigenvalue weighted by atomic mass is 10.1. The van der Waals surface area contributed by atoms with Crippen LogP contribution in [0.5, 0.6) is 5.75 Å². The maximum Gasteiger partial charge on any atom is 0.273 e. The molecule has 0 fully saturated rings. The van der Waals surface area contributed by atoms with Crippen molar-refractivity contribution in [2.45, 2.75) is 0 Å². The van der Waals surface area contributed by atoms with E-state index in [1.54, 1.807) is 36.4 Å². The van der Waals surface area contributed by atoms with E-state index in [0.29, 0.717) is 27.0 Å². The summed E-state index contributed by atoms with van der Waals surface area (Å²) in [5.74, 6) is -0.321. The number of carbonyl (C=O) groups excluding carboxylic acids is 1. The Kier molecular flexibility index (Phi) is 4.23. The average Bonchev–Trinajstić information content (AvgIpc) is 3.02. The highest BCUT2D eigenvalue weighted by Crippen LogP contribution is 2.30. The summed E-state index contributed by atoms with van der Waals surface area (Å²) in [5, 5.41) is 20.3. The molecule has 0 aliphatic rings. The zero-order valence-electron chi connectivity index (χ0n) is 11.7. The van der Waals surface area contributed by atoms with Crippen LogP contribution in [0.25, 0.3) is 11.3 Å². The van der Waals surface area contributed by atoms with E-state index >= 15 is 0 Å². The normalized spacial score (nSPS) is 10.5. The smallest absolute Gasteiger partial charge is 0.273 e. The van der Waals surface area contributed by atoms with E-state index in [4.69, 9.17) is 23.2 Å². The quantitative estimate of drug-likeness (QED) is 0.659. The van der Waals surface area contributed by atoms with Gasteiger partial charge in [-0.3, -0.25) is 9.89 Å². The van der Waals surface area contributed by atoms with E-state index in [0.717, 1.165) is 0 Å². The number of amides is 1. The lowest BCUT2D eigenvalue weighted by Crippen LogP contribution is -2.12. The molecule has 0 spiro atoms. The van der Waals surface area contributed by atoms with Gasteiger partial charge in [0.05, 0.1) is 5.69 Å². The number of nitrogens with one attached hydrogen (secondary N) is 2. The van der Waals surface area contributed by atoms with Crippen LogP contribution in [0, 0.1) is 0 Å². The molecule has 7 heteroatoms. The number of benzene rings is 2. The number of aromatic hydroxyl groups is 1. The zero-order chi connectivity index (χ0) is 16.4. The molecule has 23 heavy (non-hydrogen) atoms. The van der Waals surface area contributed by atoms with Gasteiger partial charge in [-0.1, -0.05) is 23.2 Å². The van der Waals surface area contributed by atoms with Crippen molar-refractivity contribution in [3.63, 3.8) is 0 Å². The number of nitrogens with zero attached hydrogens (tertiary/aromatic N) is 1. The van der Waals surface area contributed by atoms with Crippen LogP contribution in [0.1, 0.15) is 10.5 Å². The molecule has 1 aromatic heterocycles. The molecule has 116 valence electrons. The van der Waals surface area contributed by atoms with Crippen LogP contribution in [0.3, 0.4) is 0 Å². The van der Waals surface area contributed by atoms with Gasteiger partial charge in [0.25, 0.3) is 5.91 Å². The van der Waals surface area contributed by atoms with Crippen LogP contribution in [0.2, 0.25) is 10.0 Å². The molecule has 3 N–H and O–H groups in total. The summed E-state index contributed by atoms with van der Waals surface area (Å²) in [4.78, 5) is 12.2. The van der Waals surface area contributed by atoms with Crippen molar-refractivity contribution in [1.82, 2.24) is 10.2 Å². The first-order valence-electron chi connectivity index (χ1n) is 6.64. The molecule has 0 saturated heterocycles. The lowest BCUT2D eigenvalue weighted by molar-refractivity contribution is 0.102. The molecule has 5 nitrogen and oxygen atoms in total. The number of aromatic amines is 1. The number of aromatic nitrogens is 2. The van der Waals surface area contributed by atoms with Gasteiger partial charge in [-0.05, 0) is 48.5 Å². The van der Waals surface area contributed by atoms with Crippen LogP contribution in [0.15, 0.2) is 48.5 Å². The fraction of sp³-hybridized carbons (Fsp3) is 0. The molecule has 2 aromatic carbocycles. The Hall–Kier alpha value is -2.50. The number of rotatable bonds is 3. The summed E-state index contributed by atoms with van der Waals surface area (Å²) in [5.41, 5.74) is 1.74. The van der Waals surface area contributed by atoms with E-state index in [-0.39, 0.29) is 17.4 Å². The molecule has 3 aromatic rings. The van der Waals surface area contributed by atoms with Crippen molar-refractivity contribution >= 4 is 34.8 Å². The third-order valence-electron chi connectivity index (χ3n) is 3.16. The second-order valence-corrected chi connectivity index (χ2v) is 5.66. The molecule has 0 radical (unpaired) electrons. The van der Waals surface area contributed by atoms with Gasteiger partial charge in [0.1, 0.15) is 11.4 Å². The highest BCUT2D eigenvalue weighted by atomic mass is 35.5. The van der Waals surface area contributed by atoms with Crippen molar-refractivity contribution in [3.8, 4) is 17.0 Å². The molecule has 0 unspecified atom stereocenters. The van der Waals surface area contributed by atoms with E-state index in [9.17, 15) is 9.90 Å². The van der Waals surface area contributed by atoms with Gasteiger partial charge in [-0.2, -0.15) is 5.10 Å². The Labute approximate surface area is 141 Å². The van der Waals surface area contributed by atoms with Crippen molar-refractivity contribution in [2.75, 3.05) is 5.32 Å². The minimum Gasteiger partial charge on any atom is -0.507 e. The zero-order valence-corrected chi connectivity index (χ0v) is 13.2. The Bertz CT molecular complexity index is 860. The van der Waals surface area contributed by atoms with E-state index < -0.39 is 0 Å². The Morgan fingerprint density at radius 1 is 1.04 bits per heavy atom. The summed E-state index contributed by atoms with van der Waals surface area (Å²) in [6.07, 6.45) is 0. The van der Waals surface area contributed by atoms with Gasteiger partial charge < -0.3 is 10.4 Å². The summed E-state index contributed by atoms with van der Waals surface area (Å²) < 4.78 is 0. The third-order valence-corrected chi connectivity index (χ3v) is 3.65. The molecule has 1 amide bonds. The van der Waals surface area contributed by atoms with Crippen molar-refractivity contribution in [3.05, 3.63) is 64.3 Å². The predicted octanol–water partition coefficient (Wildman–Crippen LogP) is 4.34.